The zero-order chi connectivity index (χ0) is 11.3. The summed E-state index contributed by atoms with van der Waals surface area (Å²) < 4.78 is 0.861. The second kappa shape index (κ2) is 6.02. The third kappa shape index (κ3) is 3.43. The highest BCUT2D eigenvalue weighted by Crippen LogP contribution is 2.14. The van der Waals surface area contributed by atoms with Crippen molar-refractivity contribution in [3.05, 3.63) is 16.9 Å². The van der Waals surface area contributed by atoms with Crippen molar-refractivity contribution in [2.75, 3.05) is 18.1 Å². The third-order valence-corrected chi connectivity index (χ3v) is 2.74. The number of hydrogen-bond donors (Lipinski definition) is 1. The van der Waals surface area contributed by atoms with E-state index in [1.165, 1.54) is 0 Å². The Morgan fingerprint density at radius 3 is 2.53 bits per heavy atom. The summed E-state index contributed by atoms with van der Waals surface area (Å²) in [6.45, 7) is 4.88. The van der Waals surface area contributed by atoms with Gasteiger partial charge in [-0.15, -0.1) is 0 Å². The molecule has 0 aliphatic rings. The Bertz CT molecular complexity index is 291. The second-order valence-corrected chi connectivity index (χ2v) is 4.29. The quantitative estimate of drug-likeness (QED) is 0.890. The van der Waals surface area contributed by atoms with E-state index in [9.17, 15) is 0 Å². The van der Waals surface area contributed by atoms with Crippen LogP contribution >= 0.6 is 15.9 Å². The lowest BCUT2D eigenvalue weighted by Gasteiger charge is -2.27. The van der Waals surface area contributed by atoms with Crippen LogP contribution in [0.4, 0.5) is 5.95 Å². The summed E-state index contributed by atoms with van der Waals surface area (Å²) >= 11 is 3.29. The fourth-order valence-corrected chi connectivity index (χ4v) is 1.50. The molecular formula is C10H16BrN3O. The highest BCUT2D eigenvalue weighted by molar-refractivity contribution is 9.10. The van der Waals surface area contributed by atoms with E-state index in [4.69, 9.17) is 5.11 Å². The van der Waals surface area contributed by atoms with E-state index in [2.05, 4.69) is 39.7 Å². The van der Waals surface area contributed by atoms with Crippen molar-refractivity contribution in [1.29, 1.82) is 0 Å². The number of hydrogen-bond acceptors (Lipinski definition) is 4. The Morgan fingerprint density at radius 1 is 1.47 bits per heavy atom. The average molecular weight is 274 g/mol. The minimum absolute atomic E-state index is 0.115. The lowest BCUT2D eigenvalue weighted by molar-refractivity contribution is 0.296. The Balaban J connectivity index is 2.83. The van der Waals surface area contributed by atoms with Crippen LogP contribution in [0.3, 0.4) is 0 Å². The monoisotopic (exact) mass is 273 g/mol. The summed E-state index contributed by atoms with van der Waals surface area (Å²) in [5.41, 5.74) is 0. The number of aliphatic hydroxyl groups excluding tert-OH is 1. The fourth-order valence-electron chi connectivity index (χ4n) is 1.30. The molecule has 4 nitrogen and oxygen atoms in total. The van der Waals surface area contributed by atoms with E-state index < -0.39 is 0 Å². The third-order valence-electron chi connectivity index (χ3n) is 2.33. The first-order chi connectivity index (χ1) is 7.19. The van der Waals surface area contributed by atoms with Crippen LogP contribution in [0.15, 0.2) is 16.9 Å². The molecule has 0 aliphatic carbocycles. The van der Waals surface area contributed by atoms with Crippen molar-refractivity contribution in [1.82, 2.24) is 9.97 Å². The maximum atomic E-state index is 8.99. The van der Waals surface area contributed by atoms with Crippen LogP contribution in [-0.2, 0) is 0 Å². The molecule has 0 amide bonds. The molecule has 1 aromatic rings. The van der Waals surface area contributed by atoms with Crippen LogP contribution in [0.25, 0.3) is 0 Å². The van der Waals surface area contributed by atoms with Gasteiger partial charge in [0, 0.05) is 25.0 Å². The molecule has 0 spiro atoms. The maximum Gasteiger partial charge on any atom is 0.225 e. The highest BCUT2D eigenvalue weighted by Gasteiger charge is 2.14. The molecule has 1 aromatic heterocycles. The van der Waals surface area contributed by atoms with E-state index in [-0.39, 0.29) is 6.61 Å². The number of aromatic nitrogens is 2. The van der Waals surface area contributed by atoms with E-state index in [1.807, 2.05) is 4.90 Å². The molecule has 0 saturated heterocycles. The molecule has 1 heterocycles. The number of halogens is 1. The SMILES string of the molecule is CC[C@H](C)N(CCO)c1ncc(Br)cn1. The highest BCUT2D eigenvalue weighted by atomic mass is 79.9. The van der Waals surface area contributed by atoms with Gasteiger partial charge in [0.25, 0.3) is 0 Å². The summed E-state index contributed by atoms with van der Waals surface area (Å²) in [6, 6.07) is 0.332. The zero-order valence-electron chi connectivity index (χ0n) is 9.02. The van der Waals surface area contributed by atoms with Gasteiger partial charge in [0.15, 0.2) is 0 Å². The Morgan fingerprint density at radius 2 is 2.07 bits per heavy atom. The first-order valence-corrected chi connectivity index (χ1v) is 5.83. The van der Waals surface area contributed by atoms with Crippen LogP contribution in [0.5, 0.6) is 0 Å². The first kappa shape index (κ1) is 12.4. The summed E-state index contributed by atoms with van der Waals surface area (Å²) in [4.78, 5) is 10.5. The summed E-state index contributed by atoms with van der Waals surface area (Å²) in [7, 11) is 0. The van der Waals surface area contributed by atoms with Gasteiger partial charge >= 0.3 is 0 Å². The van der Waals surface area contributed by atoms with E-state index in [1.54, 1.807) is 12.4 Å². The van der Waals surface area contributed by atoms with Gasteiger partial charge in [-0.05, 0) is 29.3 Å². The predicted octanol–water partition coefficient (Wildman–Crippen LogP) is 1.84. The summed E-state index contributed by atoms with van der Waals surface area (Å²) in [5.74, 6) is 0.668. The van der Waals surface area contributed by atoms with Crippen molar-refractivity contribution in [2.45, 2.75) is 26.3 Å². The zero-order valence-corrected chi connectivity index (χ0v) is 10.6. The van der Waals surface area contributed by atoms with Crippen LogP contribution in [0, 0.1) is 0 Å². The van der Waals surface area contributed by atoms with Gasteiger partial charge in [0.2, 0.25) is 5.95 Å². The number of anilines is 1. The first-order valence-electron chi connectivity index (χ1n) is 5.04. The summed E-state index contributed by atoms with van der Waals surface area (Å²) in [6.07, 6.45) is 4.43. The molecule has 0 aliphatic heterocycles. The number of aliphatic hydroxyl groups is 1. The van der Waals surface area contributed by atoms with Crippen molar-refractivity contribution < 1.29 is 5.11 Å². The number of rotatable bonds is 5. The van der Waals surface area contributed by atoms with Gasteiger partial charge in [0.05, 0.1) is 11.1 Å². The fraction of sp³-hybridized carbons (Fsp3) is 0.600. The molecule has 0 fully saturated rings. The van der Waals surface area contributed by atoms with Gasteiger partial charge in [-0.25, -0.2) is 9.97 Å². The predicted molar refractivity (Wildman–Crippen MR) is 63.9 cm³/mol. The van der Waals surface area contributed by atoms with E-state index in [0.717, 1.165) is 10.9 Å². The molecule has 0 unspecified atom stereocenters. The summed E-state index contributed by atoms with van der Waals surface area (Å²) in [5, 5.41) is 8.99. The molecular weight excluding hydrogens is 258 g/mol. The van der Waals surface area contributed by atoms with Crippen LogP contribution in [0.1, 0.15) is 20.3 Å². The largest absolute Gasteiger partial charge is 0.395 e. The van der Waals surface area contributed by atoms with Crippen molar-refractivity contribution in [3.63, 3.8) is 0 Å². The lowest BCUT2D eigenvalue weighted by Crippen LogP contribution is -2.36. The molecule has 0 radical (unpaired) electrons. The molecule has 0 saturated carbocycles. The number of nitrogens with zero attached hydrogens (tertiary/aromatic N) is 3. The van der Waals surface area contributed by atoms with Crippen molar-refractivity contribution in [3.8, 4) is 0 Å². The molecule has 1 N–H and O–H groups in total. The van der Waals surface area contributed by atoms with Crippen LogP contribution in [0.2, 0.25) is 0 Å². The molecule has 1 atom stereocenters. The smallest absolute Gasteiger partial charge is 0.225 e. The molecule has 5 heteroatoms. The topological polar surface area (TPSA) is 49.2 Å². The van der Waals surface area contributed by atoms with Crippen LogP contribution < -0.4 is 4.90 Å². The Hall–Kier alpha value is -0.680. The van der Waals surface area contributed by atoms with Crippen molar-refractivity contribution in [2.24, 2.45) is 0 Å². The molecule has 15 heavy (non-hydrogen) atoms. The van der Waals surface area contributed by atoms with Gasteiger partial charge in [-0.1, -0.05) is 6.92 Å². The molecule has 1 rings (SSSR count). The minimum atomic E-state index is 0.115. The average Bonchev–Trinajstić information content (AvgIpc) is 2.26. The Kier molecular flexibility index (Phi) is 4.98. The van der Waals surface area contributed by atoms with Gasteiger partial charge in [-0.3, -0.25) is 0 Å². The van der Waals surface area contributed by atoms with Crippen LogP contribution in [-0.4, -0.2) is 34.3 Å². The molecule has 0 bridgehead atoms. The Labute approximate surface area is 98.5 Å². The van der Waals surface area contributed by atoms with Gasteiger partial charge in [0.1, 0.15) is 0 Å². The lowest BCUT2D eigenvalue weighted by atomic mass is 10.2. The van der Waals surface area contributed by atoms with E-state index >= 15 is 0 Å². The van der Waals surface area contributed by atoms with E-state index in [0.29, 0.717) is 18.5 Å². The maximum absolute atomic E-state index is 8.99. The van der Waals surface area contributed by atoms with Gasteiger partial charge in [-0.2, -0.15) is 0 Å². The minimum Gasteiger partial charge on any atom is -0.395 e. The standard InChI is InChI=1S/C10H16BrN3O/c1-3-8(2)14(4-5-15)10-12-6-9(11)7-13-10/h6-8,15H,3-5H2,1-2H3/t8-/m0/s1. The molecule has 0 aromatic carbocycles. The molecule has 84 valence electrons. The second-order valence-electron chi connectivity index (χ2n) is 3.38. The normalized spacial score (nSPS) is 12.5. The van der Waals surface area contributed by atoms with Crippen molar-refractivity contribution >= 4 is 21.9 Å². The van der Waals surface area contributed by atoms with Gasteiger partial charge < -0.3 is 10.0 Å².